The number of ketones is 1. The van der Waals surface area contributed by atoms with Gasteiger partial charge in [-0.15, -0.1) is 5.10 Å². The lowest BCUT2D eigenvalue weighted by molar-refractivity contribution is -0.137. The number of hydrogen-bond donors (Lipinski definition) is 0. The second-order valence-electron chi connectivity index (χ2n) is 12.5. The lowest BCUT2D eigenvalue weighted by atomic mass is 9.60. The van der Waals surface area contributed by atoms with E-state index in [9.17, 15) is 39.6 Å². The van der Waals surface area contributed by atoms with E-state index < -0.39 is 80.5 Å². The average Bonchev–Trinajstić information content (AvgIpc) is 3.65. The Kier molecular flexibility index (Phi) is 7.43. The molecule has 252 valence electrons. The largest absolute Gasteiger partial charge is 0.416 e. The smallest absolute Gasteiger partial charge is 0.291 e. The van der Waals surface area contributed by atoms with Crippen molar-refractivity contribution in [3.8, 4) is 5.69 Å². The molecule has 0 saturated heterocycles. The summed E-state index contributed by atoms with van der Waals surface area (Å²) in [6.07, 6.45) is -1.12. The van der Waals surface area contributed by atoms with Gasteiger partial charge in [0.2, 0.25) is 0 Å². The van der Waals surface area contributed by atoms with Crippen molar-refractivity contribution in [2.24, 2.45) is 12.5 Å². The Hall–Kier alpha value is -4.38. The summed E-state index contributed by atoms with van der Waals surface area (Å²) in [5.74, 6) is -4.32. The summed E-state index contributed by atoms with van der Waals surface area (Å²) < 4.78 is 115. The summed E-state index contributed by atoms with van der Waals surface area (Å²) in [6, 6.07) is 4.81. The number of benzene rings is 1. The van der Waals surface area contributed by atoms with E-state index in [1.807, 2.05) is 0 Å². The van der Waals surface area contributed by atoms with Crippen LogP contribution in [0.1, 0.15) is 59.4 Å². The molecule has 0 bridgehead atoms. The van der Waals surface area contributed by atoms with Crippen molar-refractivity contribution in [3.63, 3.8) is 0 Å². The van der Waals surface area contributed by atoms with Crippen molar-refractivity contribution < 1.29 is 39.6 Å². The number of rotatable bonds is 7. The van der Waals surface area contributed by atoms with Crippen LogP contribution in [0.25, 0.3) is 11.8 Å². The minimum absolute atomic E-state index is 0.0842. The lowest BCUT2D eigenvalue weighted by Gasteiger charge is -2.50. The van der Waals surface area contributed by atoms with Gasteiger partial charge in [-0.3, -0.25) is 14.5 Å². The third kappa shape index (κ3) is 5.41. The summed E-state index contributed by atoms with van der Waals surface area (Å²) in [5, 5.41) is 7.76. The average molecular weight is 692 g/mol. The van der Waals surface area contributed by atoms with Gasteiger partial charge < -0.3 is 0 Å². The first-order valence-corrected chi connectivity index (χ1v) is 16.4. The van der Waals surface area contributed by atoms with Crippen LogP contribution in [0.3, 0.4) is 0 Å². The van der Waals surface area contributed by atoms with Gasteiger partial charge in [-0.1, -0.05) is 5.57 Å². The van der Waals surface area contributed by atoms with Crippen LogP contribution in [0.5, 0.6) is 0 Å². The number of halogens is 6. The Bertz CT molecular complexity index is 2050. The van der Waals surface area contributed by atoms with Crippen LogP contribution >= 0.6 is 0 Å². The Morgan fingerprint density at radius 2 is 1.77 bits per heavy atom. The third-order valence-electron chi connectivity index (χ3n) is 9.34. The van der Waals surface area contributed by atoms with Crippen LogP contribution in [0.2, 0.25) is 0 Å². The second kappa shape index (κ2) is 11.1. The molecular formula is C31H27F6N7O3S. The van der Waals surface area contributed by atoms with E-state index in [1.165, 1.54) is 37.5 Å². The molecule has 3 aromatic heterocycles. The monoisotopic (exact) mass is 691 g/mol. The molecule has 1 aromatic carbocycles. The molecule has 3 aliphatic carbocycles. The maximum Gasteiger partial charge on any atom is 0.416 e. The molecule has 7 rings (SSSR count). The predicted octanol–water partition coefficient (Wildman–Crippen LogP) is 5.40. The highest BCUT2D eigenvalue weighted by Gasteiger charge is 2.57. The summed E-state index contributed by atoms with van der Waals surface area (Å²) >= 11 is 0. The number of aryl methyl sites for hydroxylation is 1. The van der Waals surface area contributed by atoms with E-state index in [-0.39, 0.29) is 25.7 Å². The Morgan fingerprint density at radius 3 is 2.42 bits per heavy atom. The number of allylic oxidation sites excluding steroid dienone is 1. The number of sulfonamides is 1. The Labute approximate surface area is 270 Å². The molecule has 2 atom stereocenters. The summed E-state index contributed by atoms with van der Waals surface area (Å²) in [6.45, 7) is 0. The van der Waals surface area contributed by atoms with Crippen LogP contribution in [-0.2, 0) is 29.7 Å². The lowest BCUT2D eigenvalue weighted by Crippen LogP contribution is -2.59. The van der Waals surface area contributed by atoms with Gasteiger partial charge in [0.25, 0.3) is 21.1 Å². The first-order valence-electron chi connectivity index (χ1n) is 15.0. The maximum atomic E-state index is 14.6. The van der Waals surface area contributed by atoms with Crippen LogP contribution in [0.15, 0.2) is 65.8 Å². The molecule has 48 heavy (non-hydrogen) atoms. The number of alkyl halides is 5. The van der Waals surface area contributed by atoms with Gasteiger partial charge in [0.1, 0.15) is 17.8 Å². The fraction of sp³-hybridized carbons (Fsp3) is 0.387. The number of hydrogen-bond acceptors (Lipinski definition) is 7. The predicted molar refractivity (Wildman–Crippen MR) is 157 cm³/mol. The van der Waals surface area contributed by atoms with E-state index in [4.69, 9.17) is 0 Å². The highest BCUT2D eigenvalue weighted by Crippen LogP contribution is 2.53. The summed E-state index contributed by atoms with van der Waals surface area (Å²) in [7, 11) is -3.10. The topological polar surface area (TPSA) is 116 Å². The van der Waals surface area contributed by atoms with E-state index in [0.29, 0.717) is 28.6 Å². The first-order chi connectivity index (χ1) is 22.6. The molecule has 0 unspecified atom stereocenters. The van der Waals surface area contributed by atoms with Crippen molar-refractivity contribution in [1.82, 2.24) is 33.8 Å². The minimum Gasteiger partial charge on any atom is -0.291 e. The molecule has 4 aromatic rings. The second-order valence-corrected chi connectivity index (χ2v) is 14.2. The van der Waals surface area contributed by atoms with Crippen LogP contribution in [0, 0.1) is 11.2 Å². The SMILES string of the molecule is Cn1cnc(S(=O)(=O)N(C2CC(F)(F)C2)[C@H]2CCC3=Cc4c(cnn4-c4ccc(F)cc4)C[C@]3(C(=O)c3cc(C(F)(F)F)ccn3)C2)n1. The van der Waals surface area contributed by atoms with E-state index >= 15 is 0 Å². The molecule has 0 radical (unpaired) electrons. The highest BCUT2D eigenvalue weighted by atomic mass is 32.2. The molecule has 17 heteroatoms. The number of carbonyl (C=O) groups is 1. The zero-order valence-corrected chi connectivity index (χ0v) is 26.0. The van der Waals surface area contributed by atoms with Gasteiger partial charge in [-0.2, -0.15) is 22.6 Å². The molecule has 2 saturated carbocycles. The van der Waals surface area contributed by atoms with Crippen LogP contribution in [0.4, 0.5) is 26.3 Å². The quantitative estimate of drug-likeness (QED) is 0.188. The number of Topliss-reactive ketones (excluding diaryl/α,β-unsaturated/α-hetero) is 1. The standard InChI is InChI=1S/C31H27F6N7O3S/c1-42-17-39-28(41-42)48(46,47)44(24-14-30(33,34)15-24)23-5-2-19-11-26-18(16-40-43(26)22-6-3-21(32)4-7-22)12-29(19,13-23)27(45)25-10-20(8-9-38-25)31(35,36)37/h3-4,6-11,16-17,23-24H,2,5,12-15H2,1H3/t23-,29-/m0/s1. The van der Waals surface area contributed by atoms with Gasteiger partial charge in [0.05, 0.1) is 28.6 Å². The zero-order valence-electron chi connectivity index (χ0n) is 25.2. The van der Waals surface area contributed by atoms with E-state index in [1.54, 1.807) is 10.8 Å². The number of pyridine rings is 1. The van der Waals surface area contributed by atoms with Crippen molar-refractivity contribution in [1.29, 1.82) is 0 Å². The molecule has 2 fully saturated rings. The summed E-state index contributed by atoms with van der Waals surface area (Å²) in [4.78, 5) is 22.4. The van der Waals surface area contributed by atoms with Crippen LogP contribution < -0.4 is 0 Å². The number of aromatic nitrogens is 6. The van der Waals surface area contributed by atoms with Crippen LogP contribution in [-0.4, -0.2) is 66.0 Å². The molecular weight excluding hydrogens is 664 g/mol. The molecule has 0 amide bonds. The summed E-state index contributed by atoms with van der Waals surface area (Å²) in [5.41, 5.74) is -1.03. The Morgan fingerprint density at radius 1 is 1.04 bits per heavy atom. The fourth-order valence-corrected chi connectivity index (χ4v) is 8.81. The molecule has 0 N–H and O–H groups in total. The molecule has 10 nitrogen and oxygen atoms in total. The van der Waals surface area contributed by atoms with E-state index in [2.05, 4.69) is 20.2 Å². The van der Waals surface area contributed by atoms with Gasteiger partial charge in [-0.25, -0.2) is 31.3 Å². The van der Waals surface area contributed by atoms with Gasteiger partial charge in [0, 0.05) is 38.2 Å². The molecule has 0 spiro atoms. The minimum atomic E-state index is -4.77. The number of fused-ring (bicyclic) bond motifs is 2. The molecule has 0 aliphatic heterocycles. The van der Waals surface area contributed by atoms with Gasteiger partial charge in [-0.05, 0) is 73.7 Å². The first kappa shape index (κ1) is 32.2. The maximum absolute atomic E-state index is 14.6. The highest BCUT2D eigenvalue weighted by molar-refractivity contribution is 7.89. The normalized spacial score (nSPS) is 22.5. The molecule has 3 aliphatic rings. The van der Waals surface area contributed by atoms with Gasteiger partial charge in [0.15, 0.2) is 5.78 Å². The molecule has 3 heterocycles. The Balaban J connectivity index is 1.34. The van der Waals surface area contributed by atoms with Crippen molar-refractivity contribution in [3.05, 3.63) is 89.0 Å². The van der Waals surface area contributed by atoms with Crippen molar-refractivity contribution in [2.75, 3.05) is 0 Å². The van der Waals surface area contributed by atoms with Gasteiger partial charge >= 0.3 is 6.18 Å². The van der Waals surface area contributed by atoms with E-state index in [0.717, 1.165) is 27.6 Å². The number of nitrogens with zero attached hydrogens (tertiary/aromatic N) is 7. The van der Waals surface area contributed by atoms with Crippen molar-refractivity contribution >= 4 is 21.9 Å². The zero-order chi connectivity index (χ0) is 34.2. The number of carbonyl (C=O) groups excluding carboxylic acids is 1. The fourth-order valence-electron chi connectivity index (χ4n) is 7.10. The van der Waals surface area contributed by atoms with Crippen molar-refractivity contribution in [2.45, 2.75) is 67.9 Å². The third-order valence-corrected chi connectivity index (χ3v) is 11.1.